The standard InChI is InChI=1S/C17H26N2O3/c1-4-22-15-6-5-14(11-16(15)21-3)17(20)19-9-7-13(8-10-19)12(2)18/h5-6,11-13H,4,7-10,18H2,1-3H3. The molecule has 1 aromatic carbocycles. The van der Waals surface area contributed by atoms with Crippen LogP contribution in [0.2, 0.25) is 0 Å². The van der Waals surface area contributed by atoms with Gasteiger partial charge in [0.1, 0.15) is 0 Å². The second-order valence-corrected chi connectivity index (χ2v) is 5.79. The molecule has 1 amide bonds. The van der Waals surface area contributed by atoms with Gasteiger partial charge in [-0.05, 0) is 50.8 Å². The van der Waals surface area contributed by atoms with Crippen LogP contribution in [0.15, 0.2) is 18.2 Å². The molecule has 1 aliphatic heterocycles. The summed E-state index contributed by atoms with van der Waals surface area (Å²) in [7, 11) is 1.58. The van der Waals surface area contributed by atoms with Crippen LogP contribution in [0.1, 0.15) is 37.0 Å². The first-order valence-electron chi connectivity index (χ1n) is 7.92. The molecule has 5 heteroatoms. The maximum atomic E-state index is 12.6. The van der Waals surface area contributed by atoms with Crippen LogP contribution in [0.5, 0.6) is 11.5 Å². The summed E-state index contributed by atoms with van der Waals surface area (Å²) in [5.41, 5.74) is 6.59. The number of carbonyl (C=O) groups excluding carboxylic acids is 1. The average molecular weight is 306 g/mol. The van der Waals surface area contributed by atoms with Gasteiger partial charge in [0.15, 0.2) is 11.5 Å². The predicted molar refractivity (Wildman–Crippen MR) is 86.4 cm³/mol. The number of amides is 1. The van der Waals surface area contributed by atoms with Crippen molar-refractivity contribution in [2.24, 2.45) is 11.7 Å². The van der Waals surface area contributed by atoms with E-state index in [-0.39, 0.29) is 11.9 Å². The molecule has 122 valence electrons. The number of nitrogens with zero attached hydrogens (tertiary/aromatic N) is 1. The lowest BCUT2D eigenvalue weighted by atomic mass is 9.90. The van der Waals surface area contributed by atoms with E-state index in [2.05, 4.69) is 0 Å². The molecule has 0 saturated carbocycles. The van der Waals surface area contributed by atoms with E-state index in [4.69, 9.17) is 15.2 Å². The Labute approximate surface area is 132 Å². The van der Waals surface area contributed by atoms with Crippen LogP contribution in [0, 0.1) is 5.92 Å². The van der Waals surface area contributed by atoms with E-state index in [0.717, 1.165) is 25.9 Å². The van der Waals surface area contributed by atoms with Crippen molar-refractivity contribution in [3.63, 3.8) is 0 Å². The highest BCUT2D eigenvalue weighted by atomic mass is 16.5. The molecule has 1 aliphatic rings. The number of hydrogen-bond acceptors (Lipinski definition) is 4. The average Bonchev–Trinajstić information content (AvgIpc) is 2.55. The fourth-order valence-electron chi connectivity index (χ4n) is 2.89. The lowest BCUT2D eigenvalue weighted by Gasteiger charge is -2.33. The highest BCUT2D eigenvalue weighted by Crippen LogP contribution is 2.29. The number of rotatable bonds is 5. The highest BCUT2D eigenvalue weighted by molar-refractivity contribution is 5.95. The fourth-order valence-corrected chi connectivity index (χ4v) is 2.89. The van der Waals surface area contributed by atoms with E-state index in [1.165, 1.54) is 0 Å². The molecule has 2 rings (SSSR count). The molecule has 5 nitrogen and oxygen atoms in total. The van der Waals surface area contributed by atoms with E-state index < -0.39 is 0 Å². The van der Waals surface area contributed by atoms with Gasteiger partial charge in [0.05, 0.1) is 13.7 Å². The summed E-state index contributed by atoms with van der Waals surface area (Å²) in [6.45, 7) is 6.05. The van der Waals surface area contributed by atoms with E-state index in [0.29, 0.717) is 29.6 Å². The van der Waals surface area contributed by atoms with E-state index in [1.807, 2.05) is 18.7 Å². The van der Waals surface area contributed by atoms with Crippen molar-refractivity contribution in [1.29, 1.82) is 0 Å². The summed E-state index contributed by atoms with van der Waals surface area (Å²) in [6.07, 6.45) is 1.94. The van der Waals surface area contributed by atoms with Crippen molar-refractivity contribution in [2.45, 2.75) is 32.7 Å². The summed E-state index contributed by atoms with van der Waals surface area (Å²) in [5.74, 6) is 1.82. The van der Waals surface area contributed by atoms with Crippen molar-refractivity contribution in [3.05, 3.63) is 23.8 Å². The largest absolute Gasteiger partial charge is 0.493 e. The Balaban J connectivity index is 2.07. The third-order valence-electron chi connectivity index (χ3n) is 4.28. The highest BCUT2D eigenvalue weighted by Gasteiger charge is 2.25. The molecule has 1 atom stereocenters. The number of ether oxygens (including phenoxy) is 2. The SMILES string of the molecule is CCOc1ccc(C(=O)N2CCC(C(C)N)CC2)cc1OC. The van der Waals surface area contributed by atoms with Crippen LogP contribution in [-0.2, 0) is 0 Å². The van der Waals surface area contributed by atoms with E-state index in [9.17, 15) is 4.79 Å². The van der Waals surface area contributed by atoms with Gasteiger partial charge in [-0.15, -0.1) is 0 Å². The molecule has 1 heterocycles. The van der Waals surface area contributed by atoms with Gasteiger partial charge < -0.3 is 20.1 Å². The fraction of sp³-hybridized carbons (Fsp3) is 0.588. The number of methoxy groups -OCH3 is 1. The maximum Gasteiger partial charge on any atom is 0.253 e. The van der Waals surface area contributed by atoms with Crippen LogP contribution >= 0.6 is 0 Å². The quantitative estimate of drug-likeness (QED) is 0.906. The van der Waals surface area contributed by atoms with Gasteiger partial charge in [0.2, 0.25) is 0 Å². The monoisotopic (exact) mass is 306 g/mol. The summed E-state index contributed by atoms with van der Waals surface area (Å²) < 4.78 is 10.8. The molecule has 0 aromatic heterocycles. The third-order valence-corrected chi connectivity index (χ3v) is 4.28. The molecule has 2 N–H and O–H groups in total. The zero-order valence-electron chi connectivity index (χ0n) is 13.7. The number of piperidine rings is 1. The molecule has 22 heavy (non-hydrogen) atoms. The topological polar surface area (TPSA) is 64.8 Å². The Kier molecular flexibility index (Phi) is 5.66. The third kappa shape index (κ3) is 3.71. The second-order valence-electron chi connectivity index (χ2n) is 5.79. The van der Waals surface area contributed by atoms with Gasteiger partial charge in [-0.1, -0.05) is 0 Å². The summed E-state index contributed by atoms with van der Waals surface area (Å²) in [4.78, 5) is 14.5. The molecule has 1 saturated heterocycles. The lowest BCUT2D eigenvalue weighted by Crippen LogP contribution is -2.42. The van der Waals surface area contributed by atoms with Crippen LogP contribution in [-0.4, -0.2) is 43.7 Å². The van der Waals surface area contributed by atoms with Gasteiger partial charge in [-0.25, -0.2) is 0 Å². The Hall–Kier alpha value is -1.75. The molecule has 0 aliphatic carbocycles. The molecular formula is C17H26N2O3. The van der Waals surface area contributed by atoms with Crippen molar-refractivity contribution in [1.82, 2.24) is 4.90 Å². The molecule has 1 fully saturated rings. The Morgan fingerprint density at radius 3 is 2.59 bits per heavy atom. The van der Waals surface area contributed by atoms with Crippen LogP contribution in [0.3, 0.4) is 0 Å². The molecule has 0 bridgehead atoms. The smallest absolute Gasteiger partial charge is 0.253 e. The van der Waals surface area contributed by atoms with Crippen LogP contribution in [0.4, 0.5) is 0 Å². The zero-order valence-corrected chi connectivity index (χ0v) is 13.7. The van der Waals surface area contributed by atoms with Crippen molar-refractivity contribution in [2.75, 3.05) is 26.8 Å². The summed E-state index contributed by atoms with van der Waals surface area (Å²) in [6, 6.07) is 5.55. The number of likely N-dealkylation sites (tertiary alicyclic amines) is 1. The minimum atomic E-state index is 0.0458. The second kappa shape index (κ2) is 7.49. The van der Waals surface area contributed by atoms with Crippen LogP contribution in [0.25, 0.3) is 0 Å². The van der Waals surface area contributed by atoms with Gasteiger partial charge >= 0.3 is 0 Å². The first kappa shape index (κ1) is 16.6. The van der Waals surface area contributed by atoms with Crippen molar-refractivity contribution in [3.8, 4) is 11.5 Å². The number of nitrogens with two attached hydrogens (primary N) is 1. The zero-order chi connectivity index (χ0) is 16.1. The molecule has 1 unspecified atom stereocenters. The lowest BCUT2D eigenvalue weighted by molar-refractivity contribution is 0.0680. The molecule has 0 radical (unpaired) electrons. The Morgan fingerprint density at radius 1 is 1.36 bits per heavy atom. The number of carbonyl (C=O) groups is 1. The van der Waals surface area contributed by atoms with E-state index in [1.54, 1.807) is 25.3 Å². The normalized spacial score (nSPS) is 17.2. The van der Waals surface area contributed by atoms with Crippen LogP contribution < -0.4 is 15.2 Å². The van der Waals surface area contributed by atoms with Gasteiger partial charge in [-0.2, -0.15) is 0 Å². The molecule has 1 aromatic rings. The first-order valence-corrected chi connectivity index (χ1v) is 7.92. The van der Waals surface area contributed by atoms with Gasteiger partial charge in [0, 0.05) is 24.7 Å². The maximum absolute atomic E-state index is 12.6. The Bertz CT molecular complexity index is 509. The van der Waals surface area contributed by atoms with Gasteiger partial charge in [-0.3, -0.25) is 4.79 Å². The number of benzene rings is 1. The summed E-state index contributed by atoms with van der Waals surface area (Å²) in [5, 5.41) is 0. The minimum Gasteiger partial charge on any atom is -0.493 e. The van der Waals surface area contributed by atoms with Crippen molar-refractivity contribution < 1.29 is 14.3 Å². The van der Waals surface area contributed by atoms with Gasteiger partial charge in [0.25, 0.3) is 5.91 Å². The predicted octanol–water partition coefficient (Wildman–Crippen LogP) is 2.29. The Morgan fingerprint density at radius 2 is 2.05 bits per heavy atom. The van der Waals surface area contributed by atoms with Crippen molar-refractivity contribution >= 4 is 5.91 Å². The number of hydrogen-bond donors (Lipinski definition) is 1. The summed E-state index contributed by atoms with van der Waals surface area (Å²) >= 11 is 0. The van der Waals surface area contributed by atoms with E-state index >= 15 is 0 Å². The minimum absolute atomic E-state index is 0.0458. The molecular weight excluding hydrogens is 280 g/mol. The molecule has 0 spiro atoms. The first-order chi connectivity index (χ1) is 10.6.